The lowest BCUT2D eigenvalue weighted by Crippen LogP contribution is -2.64. The standard InChI is InChI=1S/C28H36N6O6/c35-19-23-26(37)27(38)25(28(39)40-23)32-24(36)18-34(17-22-9-3-6-12-31-22)14-13-33(15-20-7-1-4-10-29-20)16-21-8-2-5-11-30-21/h1-12,23,25-28,35,37-39H,13-19H2,(H,32,36)/t23-,25-,26-,27-,28+/m1/s1. The second-order valence-electron chi connectivity index (χ2n) is 9.71. The maximum atomic E-state index is 13.1. The average Bonchev–Trinajstić information content (AvgIpc) is 2.97. The van der Waals surface area contributed by atoms with Crippen LogP contribution in [0.3, 0.4) is 0 Å². The zero-order valence-electron chi connectivity index (χ0n) is 22.1. The Morgan fingerprint density at radius 1 is 0.775 bits per heavy atom. The maximum Gasteiger partial charge on any atom is 0.234 e. The first-order valence-electron chi connectivity index (χ1n) is 13.2. The lowest BCUT2D eigenvalue weighted by molar-refractivity contribution is -0.253. The highest BCUT2D eigenvalue weighted by molar-refractivity contribution is 5.78. The van der Waals surface area contributed by atoms with E-state index in [4.69, 9.17) is 4.74 Å². The molecular formula is C28H36N6O6. The van der Waals surface area contributed by atoms with E-state index in [0.717, 1.165) is 17.1 Å². The molecule has 0 radical (unpaired) electrons. The van der Waals surface area contributed by atoms with Gasteiger partial charge in [0.1, 0.15) is 24.4 Å². The number of rotatable bonds is 13. The van der Waals surface area contributed by atoms with Gasteiger partial charge in [-0.15, -0.1) is 0 Å². The number of ether oxygens (including phenoxy) is 1. The Kier molecular flexibility index (Phi) is 11.0. The summed E-state index contributed by atoms with van der Waals surface area (Å²) < 4.78 is 5.16. The summed E-state index contributed by atoms with van der Waals surface area (Å²) in [6, 6.07) is 15.9. The summed E-state index contributed by atoms with van der Waals surface area (Å²) in [6.45, 7) is 1.99. The Morgan fingerprint density at radius 2 is 1.27 bits per heavy atom. The predicted molar refractivity (Wildman–Crippen MR) is 144 cm³/mol. The van der Waals surface area contributed by atoms with Crippen molar-refractivity contribution in [2.24, 2.45) is 0 Å². The molecule has 0 spiro atoms. The van der Waals surface area contributed by atoms with Crippen LogP contribution in [0.2, 0.25) is 0 Å². The molecule has 5 N–H and O–H groups in total. The number of aliphatic hydroxyl groups excluding tert-OH is 4. The Labute approximate surface area is 232 Å². The lowest BCUT2D eigenvalue weighted by Gasteiger charge is -2.40. The number of hydrogen-bond acceptors (Lipinski definition) is 11. The molecule has 4 rings (SSSR count). The SMILES string of the molecule is O=C(CN(CCN(Cc1ccccn1)Cc1ccccn1)Cc1ccccn1)N[C@@H]1[C@@H](O)[C@H](O)[C@@H](CO)O[C@@H]1O. The molecule has 1 amide bonds. The molecule has 3 aromatic heterocycles. The van der Waals surface area contributed by atoms with E-state index in [1.807, 2.05) is 59.5 Å². The van der Waals surface area contributed by atoms with E-state index < -0.39 is 43.2 Å². The molecule has 0 saturated carbocycles. The van der Waals surface area contributed by atoms with Gasteiger partial charge in [-0.2, -0.15) is 0 Å². The number of carbonyl (C=O) groups is 1. The quantitative estimate of drug-likeness (QED) is 0.182. The van der Waals surface area contributed by atoms with Crippen molar-refractivity contribution >= 4 is 5.91 Å². The largest absolute Gasteiger partial charge is 0.394 e. The molecule has 0 unspecified atom stereocenters. The molecule has 1 fully saturated rings. The number of amides is 1. The summed E-state index contributed by atoms with van der Waals surface area (Å²) in [5, 5.41) is 42.7. The minimum Gasteiger partial charge on any atom is -0.394 e. The molecule has 1 aliphatic rings. The van der Waals surface area contributed by atoms with Crippen LogP contribution in [0.15, 0.2) is 73.2 Å². The smallest absolute Gasteiger partial charge is 0.234 e. The van der Waals surface area contributed by atoms with Crippen LogP contribution >= 0.6 is 0 Å². The van der Waals surface area contributed by atoms with Gasteiger partial charge in [0, 0.05) is 51.3 Å². The van der Waals surface area contributed by atoms with Gasteiger partial charge in [0.2, 0.25) is 5.91 Å². The molecule has 5 atom stereocenters. The molecule has 3 aromatic rings. The summed E-state index contributed by atoms with van der Waals surface area (Å²) in [5.74, 6) is -0.474. The molecule has 1 saturated heterocycles. The van der Waals surface area contributed by atoms with E-state index in [1.165, 1.54) is 0 Å². The lowest BCUT2D eigenvalue weighted by atomic mass is 9.97. The van der Waals surface area contributed by atoms with Crippen molar-refractivity contribution in [1.82, 2.24) is 30.1 Å². The monoisotopic (exact) mass is 552 g/mol. The summed E-state index contributed by atoms with van der Waals surface area (Å²) in [6.07, 6.45) is -0.518. The first kappa shape index (κ1) is 29.6. The maximum absolute atomic E-state index is 13.1. The van der Waals surface area contributed by atoms with Crippen LogP contribution in [0.5, 0.6) is 0 Å². The van der Waals surface area contributed by atoms with Crippen molar-refractivity contribution in [3.8, 4) is 0 Å². The molecule has 0 aliphatic carbocycles. The van der Waals surface area contributed by atoms with Crippen molar-refractivity contribution in [3.63, 3.8) is 0 Å². The van der Waals surface area contributed by atoms with Crippen molar-refractivity contribution in [2.75, 3.05) is 26.2 Å². The van der Waals surface area contributed by atoms with Gasteiger partial charge in [-0.3, -0.25) is 29.5 Å². The van der Waals surface area contributed by atoms with Gasteiger partial charge in [0.05, 0.1) is 30.2 Å². The highest BCUT2D eigenvalue weighted by Gasteiger charge is 2.44. The van der Waals surface area contributed by atoms with Crippen LogP contribution in [0.4, 0.5) is 0 Å². The zero-order valence-corrected chi connectivity index (χ0v) is 22.1. The first-order chi connectivity index (χ1) is 19.4. The van der Waals surface area contributed by atoms with E-state index in [9.17, 15) is 25.2 Å². The minimum absolute atomic E-state index is 0.0624. The molecule has 4 heterocycles. The van der Waals surface area contributed by atoms with Crippen molar-refractivity contribution in [3.05, 3.63) is 90.3 Å². The third-order valence-corrected chi connectivity index (χ3v) is 6.66. The van der Waals surface area contributed by atoms with E-state index in [-0.39, 0.29) is 6.54 Å². The fourth-order valence-corrected chi connectivity index (χ4v) is 4.56. The molecule has 0 aromatic carbocycles. The van der Waals surface area contributed by atoms with Gasteiger partial charge in [-0.25, -0.2) is 0 Å². The second kappa shape index (κ2) is 14.9. The number of nitrogens with one attached hydrogen (secondary N) is 1. The van der Waals surface area contributed by atoms with Crippen LogP contribution in [0.25, 0.3) is 0 Å². The zero-order chi connectivity index (χ0) is 28.3. The first-order valence-corrected chi connectivity index (χ1v) is 13.2. The number of aromatic nitrogens is 3. The van der Waals surface area contributed by atoms with Gasteiger partial charge < -0.3 is 30.5 Å². The van der Waals surface area contributed by atoms with Crippen LogP contribution in [0, 0.1) is 0 Å². The fraction of sp³-hybridized carbons (Fsp3) is 0.429. The van der Waals surface area contributed by atoms with E-state index in [2.05, 4.69) is 25.2 Å². The van der Waals surface area contributed by atoms with Crippen LogP contribution in [-0.2, 0) is 29.2 Å². The molecule has 0 bridgehead atoms. The highest BCUT2D eigenvalue weighted by atomic mass is 16.6. The molecule has 214 valence electrons. The van der Waals surface area contributed by atoms with Crippen LogP contribution in [0.1, 0.15) is 17.1 Å². The number of carbonyl (C=O) groups excluding carboxylic acids is 1. The fourth-order valence-electron chi connectivity index (χ4n) is 4.56. The predicted octanol–water partition coefficient (Wildman–Crippen LogP) is -0.708. The van der Waals surface area contributed by atoms with Crippen LogP contribution in [-0.4, -0.2) is 108 Å². The van der Waals surface area contributed by atoms with Gasteiger partial charge in [-0.05, 0) is 36.4 Å². The Bertz CT molecular complexity index is 1120. The number of aliphatic hydroxyl groups is 4. The molecular weight excluding hydrogens is 516 g/mol. The van der Waals surface area contributed by atoms with E-state index >= 15 is 0 Å². The van der Waals surface area contributed by atoms with Gasteiger partial charge in [0.25, 0.3) is 0 Å². The summed E-state index contributed by atoms with van der Waals surface area (Å²) >= 11 is 0. The molecule has 12 heteroatoms. The number of hydrogen-bond donors (Lipinski definition) is 5. The summed E-state index contributed by atoms with van der Waals surface area (Å²) in [7, 11) is 0. The normalized spacial score (nSPS) is 22.9. The summed E-state index contributed by atoms with van der Waals surface area (Å²) in [5.41, 5.74) is 2.60. The van der Waals surface area contributed by atoms with Crippen LogP contribution < -0.4 is 5.32 Å². The number of nitrogens with zero attached hydrogens (tertiary/aromatic N) is 5. The van der Waals surface area contributed by atoms with E-state index in [0.29, 0.717) is 32.7 Å². The third-order valence-electron chi connectivity index (χ3n) is 6.66. The summed E-state index contributed by atoms with van der Waals surface area (Å²) in [4.78, 5) is 30.5. The molecule has 1 aliphatic heterocycles. The Morgan fingerprint density at radius 3 is 1.75 bits per heavy atom. The van der Waals surface area contributed by atoms with Crippen molar-refractivity contribution in [1.29, 1.82) is 0 Å². The van der Waals surface area contributed by atoms with Gasteiger partial charge >= 0.3 is 0 Å². The Balaban J connectivity index is 1.44. The molecule has 40 heavy (non-hydrogen) atoms. The second-order valence-corrected chi connectivity index (χ2v) is 9.71. The average molecular weight is 553 g/mol. The third kappa shape index (κ3) is 8.57. The highest BCUT2D eigenvalue weighted by Crippen LogP contribution is 2.20. The Hall–Kier alpha value is -3.36. The van der Waals surface area contributed by atoms with Crippen molar-refractivity contribution < 1.29 is 30.0 Å². The van der Waals surface area contributed by atoms with Gasteiger partial charge in [0.15, 0.2) is 6.29 Å². The number of pyridine rings is 3. The minimum atomic E-state index is -1.59. The van der Waals surface area contributed by atoms with Crippen molar-refractivity contribution in [2.45, 2.75) is 50.3 Å². The molecule has 12 nitrogen and oxygen atoms in total. The van der Waals surface area contributed by atoms with Gasteiger partial charge in [-0.1, -0.05) is 18.2 Å². The topological polar surface area (TPSA) is 164 Å². The van der Waals surface area contributed by atoms with E-state index in [1.54, 1.807) is 18.6 Å².